The molecule has 4 rings (SSSR count). The number of aromatic nitrogens is 1. The Hall–Kier alpha value is -1.50. The lowest BCUT2D eigenvalue weighted by molar-refractivity contribution is -0.0393. The van der Waals surface area contributed by atoms with Crippen molar-refractivity contribution in [3.63, 3.8) is 0 Å². The molecule has 2 N–H and O–H groups in total. The van der Waals surface area contributed by atoms with Gasteiger partial charge in [0.15, 0.2) is 0 Å². The first kappa shape index (κ1) is 14.1. The Bertz CT molecular complexity index is 598. The fourth-order valence-electron chi connectivity index (χ4n) is 4.22. The lowest BCUT2D eigenvalue weighted by Crippen LogP contribution is -2.56. The average molecular weight is 303 g/mol. The molecule has 3 aliphatic rings. The van der Waals surface area contributed by atoms with E-state index in [0.29, 0.717) is 17.0 Å². The maximum atomic E-state index is 11.5. The predicted molar refractivity (Wildman–Crippen MR) is 78.5 cm³/mol. The number of nitrogens with zero attached hydrogens (tertiary/aromatic N) is 2. The highest BCUT2D eigenvalue weighted by Gasteiger charge is 2.51. The van der Waals surface area contributed by atoms with Crippen molar-refractivity contribution in [1.29, 1.82) is 0 Å². The van der Waals surface area contributed by atoms with Gasteiger partial charge in [-0.15, -0.1) is 0 Å². The van der Waals surface area contributed by atoms with Crippen molar-refractivity contribution >= 4 is 5.91 Å². The van der Waals surface area contributed by atoms with E-state index in [2.05, 4.69) is 9.88 Å². The van der Waals surface area contributed by atoms with Crippen LogP contribution >= 0.6 is 0 Å². The summed E-state index contributed by atoms with van der Waals surface area (Å²) in [4.78, 5) is 18.5. The van der Waals surface area contributed by atoms with Crippen molar-refractivity contribution in [3.8, 4) is 0 Å². The minimum absolute atomic E-state index is 0.383. The van der Waals surface area contributed by atoms with Crippen LogP contribution in [0.4, 0.5) is 0 Å². The highest BCUT2D eigenvalue weighted by Crippen LogP contribution is 2.50. The zero-order valence-corrected chi connectivity index (χ0v) is 12.5. The van der Waals surface area contributed by atoms with Gasteiger partial charge in [0.2, 0.25) is 0 Å². The molecule has 0 bridgehead atoms. The van der Waals surface area contributed by atoms with Crippen LogP contribution < -0.4 is 5.48 Å². The molecule has 2 fully saturated rings. The van der Waals surface area contributed by atoms with Gasteiger partial charge in [0.1, 0.15) is 0 Å². The summed E-state index contributed by atoms with van der Waals surface area (Å²) >= 11 is 0. The Morgan fingerprint density at radius 1 is 1.50 bits per heavy atom. The molecule has 22 heavy (non-hydrogen) atoms. The van der Waals surface area contributed by atoms with Gasteiger partial charge in [-0.1, -0.05) is 0 Å². The fourth-order valence-corrected chi connectivity index (χ4v) is 4.22. The number of hydrogen-bond donors (Lipinski definition) is 2. The quantitative estimate of drug-likeness (QED) is 0.633. The monoisotopic (exact) mass is 303 g/mol. The molecular formula is C16H21N3O3. The Kier molecular flexibility index (Phi) is 3.40. The number of amides is 1. The number of hydrogen-bond acceptors (Lipinski definition) is 5. The molecule has 0 radical (unpaired) electrons. The standard InChI is InChI=1S/C16H21N3O3/c20-15(18-21)12-7-11-2-5-19(9-13(11)17-8-12)14-1-3-16(14)4-6-22-10-16/h7-8,14,21H,1-6,9-10H2,(H,18,20)/t14-,16+/m0/s1. The van der Waals surface area contributed by atoms with E-state index in [0.717, 1.165) is 44.0 Å². The molecule has 3 heterocycles. The lowest BCUT2D eigenvalue weighted by Gasteiger charge is -2.52. The van der Waals surface area contributed by atoms with Gasteiger partial charge in [0.25, 0.3) is 5.91 Å². The summed E-state index contributed by atoms with van der Waals surface area (Å²) in [5, 5.41) is 8.72. The molecule has 1 aromatic rings. The minimum Gasteiger partial charge on any atom is -0.381 e. The van der Waals surface area contributed by atoms with E-state index in [1.54, 1.807) is 11.7 Å². The van der Waals surface area contributed by atoms with E-state index in [4.69, 9.17) is 9.94 Å². The van der Waals surface area contributed by atoms with Gasteiger partial charge in [0, 0.05) is 37.4 Å². The highest BCUT2D eigenvalue weighted by molar-refractivity contribution is 5.93. The molecule has 0 unspecified atom stereocenters. The second-order valence-corrected chi connectivity index (χ2v) is 6.71. The summed E-state index contributed by atoms with van der Waals surface area (Å²) in [7, 11) is 0. The number of rotatable bonds is 2. The predicted octanol–water partition coefficient (Wildman–Crippen LogP) is 1.13. The molecule has 1 aliphatic carbocycles. The SMILES string of the molecule is O=C(NO)c1cnc2c(c1)CCN([C@H]1CC[C@]13CCOC3)C2. The number of carbonyl (C=O) groups excluding carboxylic acids is 1. The lowest BCUT2D eigenvalue weighted by atomic mass is 9.63. The molecular weight excluding hydrogens is 282 g/mol. The third-order valence-electron chi connectivity index (χ3n) is 5.64. The Morgan fingerprint density at radius 2 is 2.41 bits per heavy atom. The van der Waals surface area contributed by atoms with Gasteiger partial charge in [-0.05, 0) is 37.3 Å². The summed E-state index contributed by atoms with van der Waals surface area (Å²) < 4.78 is 5.64. The van der Waals surface area contributed by atoms with Crippen molar-refractivity contribution < 1.29 is 14.7 Å². The van der Waals surface area contributed by atoms with E-state index in [1.807, 2.05) is 6.07 Å². The molecule has 1 amide bonds. The first-order valence-corrected chi connectivity index (χ1v) is 7.96. The first-order chi connectivity index (χ1) is 10.7. The van der Waals surface area contributed by atoms with Crippen molar-refractivity contribution in [2.24, 2.45) is 5.41 Å². The van der Waals surface area contributed by atoms with Gasteiger partial charge in [0.05, 0.1) is 17.9 Å². The number of carbonyl (C=O) groups is 1. The topological polar surface area (TPSA) is 74.7 Å². The van der Waals surface area contributed by atoms with Crippen LogP contribution in [-0.2, 0) is 17.7 Å². The summed E-state index contributed by atoms with van der Waals surface area (Å²) in [5.74, 6) is -0.501. The highest BCUT2D eigenvalue weighted by atomic mass is 16.5. The minimum atomic E-state index is -0.501. The first-order valence-electron chi connectivity index (χ1n) is 7.96. The average Bonchev–Trinajstić information content (AvgIpc) is 3.05. The second kappa shape index (κ2) is 5.30. The van der Waals surface area contributed by atoms with E-state index in [9.17, 15) is 4.79 Å². The third kappa shape index (κ3) is 2.14. The normalized spacial score (nSPS) is 30.9. The third-order valence-corrected chi connectivity index (χ3v) is 5.64. The summed E-state index contributed by atoms with van der Waals surface area (Å²) in [6, 6.07) is 2.46. The van der Waals surface area contributed by atoms with E-state index in [1.165, 1.54) is 19.3 Å². The zero-order chi connectivity index (χ0) is 15.2. The van der Waals surface area contributed by atoms with Crippen LogP contribution in [0.15, 0.2) is 12.3 Å². The van der Waals surface area contributed by atoms with Crippen molar-refractivity contribution in [3.05, 3.63) is 29.1 Å². The van der Waals surface area contributed by atoms with E-state index >= 15 is 0 Å². The van der Waals surface area contributed by atoms with Crippen molar-refractivity contribution in [2.75, 3.05) is 19.8 Å². The zero-order valence-electron chi connectivity index (χ0n) is 12.5. The molecule has 1 saturated heterocycles. The number of fused-ring (bicyclic) bond motifs is 1. The van der Waals surface area contributed by atoms with Crippen molar-refractivity contribution in [1.82, 2.24) is 15.4 Å². The number of hydroxylamine groups is 1. The summed E-state index contributed by atoms with van der Waals surface area (Å²) in [6.07, 6.45) is 6.17. The van der Waals surface area contributed by atoms with E-state index < -0.39 is 5.91 Å². The molecule has 6 heteroatoms. The Labute approximate surface area is 129 Å². The van der Waals surface area contributed by atoms with Gasteiger partial charge in [-0.2, -0.15) is 0 Å². The largest absolute Gasteiger partial charge is 0.381 e. The maximum Gasteiger partial charge on any atom is 0.276 e. The Morgan fingerprint density at radius 3 is 3.09 bits per heavy atom. The molecule has 1 saturated carbocycles. The molecule has 2 aliphatic heterocycles. The van der Waals surface area contributed by atoms with Crippen LogP contribution in [0.25, 0.3) is 0 Å². The maximum absolute atomic E-state index is 11.5. The van der Waals surface area contributed by atoms with Gasteiger partial charge in [-0.25, -0.2) is 5.48 Å². The second-order valence-electron chi connectivity index (χ2n) is 6.71. The van der Waals surface area contributed by atoms with Crippen LogP contribution in [0.2, 0.25) is 0 Å². The summed E-state index contributed by atoms with van der Waals surface area (Å²) in [6.45, 7) is 3.66. The molecule has 0 aromatic carbocycles. The molecule has 1 aromatic heterocycles. The van der Waals surface area contributed by atoms with Crippen LogP contribution in [0, 0.1) is 5.41 Å². The molecule has 6 nitrogen and oxygen atoms in total. The van der Waals surface area contributed by atoms with Crippen LogP contribution in [0.3, 0.4) is 0 Å². The van der Waals surface area contributed by atoms with E-state index in [-0.39, 0.29) is 0 Å². The molecule has 118 valence electrons. The van der Waals surface area contributed by atoms with Crippen LogP contribution in [0.1, 0.15) is 40.9 Å². The number of pyridine rings is 1. The van der Waals surface area contributed by atoms with Gasteiger partial charge < -0.3 is 4.74 Å². The fraction of sp³-hybridized carbons (Fsp3) is 0.625. The number of ether oxygens (including phenoxy) is 1. The van der Waals surface area contributed by atoms with Crippen LogP contribution in [-0.4, -0.2) is 46.8 Å². The number of nitrogens with one attached hydrogen (secondary N) is 1. The smallest absolute Gasteiger partial charge is 0.276 e. The van der Waals surface area contributed by atoms with Crippen LogP contribution in [0.5, 0.6) is 0 Å². The van der Waals surface area contributed by atoms with Crippen molar-refractivity contribution in [2.45, 2.75) is 38.3 Å². The summed E-state index contributed by atoms with van der Waals surface area (Å²) in [5.41, 5.74) is 4.64. The Balaban J connectivity index is 1.51. The van der Waals surface area contributed by atoms with Gasteiger partial charge in [-0.3, -0.25) is 19.9 Å². The molecule has 1 spiro atoms. The molecule has 2 atom stereocenters. The van der Waals surface area contributed by atoms with Gasteiger partial charge >= 0.3 is 0 Å².